The van der Waals surface area contributed by atoms with Gasteiger partial charge in [-0.3, -0.25) is 4.79 Å². The summed E-state index contributed by atoms with van der Waals surface area (Å²) >= 11 is 5.69. The van der Waals surface area contributed by atoms with Gasteiger partial charge in [-0.15, -0.1) is 0 Å². The number of rotatable bonds is 2. The van der Waals surface area contributed by atoms with Gasteiger partial charge in [0.25, 0.3) is 0 Å². The van der Waals surface area contributed by atoms with E-state index in [1.807, 2.05) is 0 Å². The van der Waals surface area contributed by atoms with Crippen LogP contribution in [0.2, 0.25) is 5.02 Å². The molecule has 1 aromatic rings. The number of carbonyl (C=O) groups is 2. The summed E-state index contributed by atoms with van der Waals surface area (Å²) < 4.78 is 4.70. The van der Waals surface area contributed by atoms with Crippen LogP contribution < -0.4 is 4.74 Å². The van der Waals surface area contributed by atoms with E-state index in [1.54, 1.807) is 0 Å². The Kier molecular flexibility index (Phi) is 3.09. The van der Waals surface area contributed by atoms with Crippen molar-refractivity contribution in [2.75, 3.05) is 0 Å². The molecule has 0 radical (unpaired) electrons. The third kappa shape index (κ3) is 2.23. The first-order valence-electron chi connectivity index (χ1n) is 3.72. The summed E-state index contributed by atoms with van der Waals surface area (Å²) in [5.74, 6) is -1.66. The fourth-order valence-corrected chi connectivity index (χ4v) is 1.16. The van der Waals surface area contributed by atoms with E-state index in [4.69, 9.17) is 21.4 Å². The van der Waals surface area contributed by atoms with Crippen LogP contribution in [-0.2, 0) is 4.79 Å². The molecule has 0 fully saturated rings. The number of esters is 1. The van der Waals surface area contributed by atoms with Gasteiger partial charge in [-0.05, 0) is 12.1 Å². The van der Waals surface area contributed by atoms with E-state index in [1.165, 1.54) is 25.1 Å². The quantitative estimate of drug-likeness (QED) is 0.604. The summed E-state index contributed by atoms with van der Waals surface area (Å²) in [4.78, 5) is 21.3. The Hall–Kier alpha value is -1.55. The smallest absolute Gasteiger partial charge is 0.337 e. The van der Waals surface area contributed by atoms with E-state index in [0.717, 1.165) is 0 Å². The maximum Gasteiger partial charge on any atom is 0.337 e. The van der Waals surface area contributed by atoms with Gasteiger partial charge < -0.3 is 9.84 Å². The van der Waals surface area contributed by atoms with Gasteiger partial charge in [-0.2, -0.15) is 0 Å². The Morgan fingerprint density at radius 2 is 2.07 bits per heavy atom. The van der Waals surface area contributed by atoms with E-state index in [-0.39, 0.29) is 16.3 Å². The van der Waals surface area contributed by atoms with Crippen LogP contribution in [0.15, 0.2) is 18.2 Å². The molecule has 74 valence electrons. The highest BCUT2D eigenvalue weighted by Crippen LogP contribution is 2.28. The highest BCUT2D eigenvalue weighted by atomic mass is 35.5. The lowest BCUT2D eigenvalue weighted by Crippen LogP contribution is -2.04. The second-order valence-electron chi connectivity index (χ2n) is 2.52. The Labute approximate surface area is 85.1 Å². The number of carboxylic acid groups (broad SMARTS) is 1. The molecule has 0 amide bonds. The van der Waals surface area contributed by atoms with Crippen LogP contribution in [0.1, 0.15) is 17.3 Å². The van der Waals surface area contributed by atoms with E-state index in [0.29, 0.717) is 0 Å². The summed E-state index contributed by atoms with van der Waals surface area (Å²) in [6.45, 7) is 1.21. The molecule has 0 atom stereocenters. The van der Waals surface area contributed by atoms with Crippen LogP contribution in [0.25, 0.3) is 0 Å². The topological polar surface area (TPSA) is 63.6 Å². The standard InChI is InChI=1S/C9H7ClO4/c1-5(11)14-7-4-2-3-6(8(7)10)9(12)13/h2-4H,1H3,(H,12,13). The molecular weight excluding hydrogens is 208 g/mol. The van der Waals surface area contributed by atoms with E-state index >= 15 is 0 Å². The summed E-state index contributed by atoms with van der Waals surface area (Å²) in [5.41, 5.74) is -0.0922. The van der Waals surface area contributed by atoms with Gasteiger partial charge >= 0.3 is 11.9 Å². The zero-order chi connectivity index (χ0) is 10.7. The average molecular weight is 215 g/mol. The van der Waals surface area contributed by atoms with Crippen molar-refractivity contribution in [3.8, 4) is 5.75 Å². The van der Waals surface area contributed by atoms with Gasteiger partial charge in [-0.1, -0.05) is 17.7 Å². The van der Waals surface area contributed by atoms with Gasteiger partial charge in [0, 0.05) is 6.92 Å². The molecule has 0 aliphatic heterocycles. The van der Waals surface area contributed by atoms with Crippen molar-refractivity contribution in [2.45, 2.75) is 6.92 Å². The number of halogens is 1. The summed E-state index contributed by atoms with van der Waals surface area (Å²) in [5, 5.41) is 8.63. The number of aromatic carboxylic acids is 1. The van der Waals surface area contributed by atoms with Crippen LogP contribution >= 0.6 is 11.6 Å². The predicted octanol–water partition coefficient (Wildman–Crippen LogP) is 1.96. The lowest BCUT2D eigenvalue weighted by molar-refractivity contribution is -0.131. The number of carboxylic acids is 1. The Morgan fingerprint density at radius 3 is 2.57 bits per heavy atom. The minimum absolute atomic E-state index is 0.0547. The fraction of sp³-hybridized carbons (Fsp3) is 0.111. The molecule has 4 nitrogen and oxygen atoms in total. The van der Waals surface area contributed by atoms with Crippen LogP contribution in [-0.4, -0.2) is 17.0 Å². The molecule has 0 saturated heterocycles. The molecule has 0 aromatic heterocycles. The molecule has 0 spiro atoms. The molecule has 1 N–H and O–H groups in total. The Bertz CT molecular complexity index is 386. The lowest BCUT2D eigenvalue weighted by atomic mass is 10.2. The van der Waals surface area contributed by atoms with E-state index < -0.39 is 11.9 Å². The molecule has 1 aromatic carbocycles. The highest BCUT2D eigenvalue weighted by molar-refractivity contribution is 6.35. The summed E-state index contributed by atoms with van der Waals surface area (Å²) in [7, 11) is 0. The highest BCUT2D eigenvalue weighted by Gasteiger charge is 2.13. The molecule has 14 heavy (non-hydrogen) atoms. The van der Waals surface area contributed by atoms with Gasteiger partial charge in [0.15, 0.2) is 0 Å². The second kappa shape index (κ2) is 4.11. The summed E-state index contributed by atoms with van der Waals surface area (Å²) in [6.07, 6.45) is 0. The molecule has 0 bridgehead atoms. The number of hydrogen-bond acceptors (Lipinski definition) is 3. The zero-order valence-electron chi connectivity index (χ0n) is 7.28. The summed E-state index contributed by atoms with van der Waals surface area (Å²) in [6, 6.07) is 4.21. The molecule has 1 rings (SSSR count). The molecule has 0 aliphatic rings. The second-order valence-corrected chi connectivity index (χ2v) is 2.89. The first-order valence-corrected chi connectivity index (χ1v) is 4.10. The van der Waals surface area contributed by atoms with Crippen molar-refractivity contribution < 1.29 is 19.4 Å². The maximum atomic E-state index is 10.6. The molecule has 0 saturated carbocycles. The van der Waals surface area contributed by atoms with Crippen molar-refractivity contribution >= 4 is 23.5 Å². The Morgan fingerprint density at radius 1 is 1.43 bits per heavy atom. The largest absolute Gasteiger partial charge is 0.478 e. The van der Waals surface area contributed by atoms with Crippen LogP contribution in [0, 0.1) is 0 Å². The monoisotopic (exact) mass is 214 g/mol. The van der Waals surface area contributed by atoms with Crippen molar-refractivity contribution in [1.82, 2.24) is 0 Å². The molecule has 0 unspecified atom stereocenters. The molecular formula is C9H7ClO4. The molecule has 0 heterocycles. The fourth-order valence-electron chi connectivity index (χ4n) is 0.910. The van der Waals surface area contributed by atoms with Crippen molar-refractivity contribution in [2.24, 2.45) is 0 Å². The average Bonchev–Trinajstić information content (AvgIpc) is 2.07. The minimum atomic E-state index is -1.16. The molecule has 5 heteroatoms. The van der Waals surface area contributed by atoms with Crippen molar-refractivity contribution in [3.05, 3.63) is 28.8 Å². The van der Waals surface area contributed by atoms with Crippen LogP contribution in [0.5, 0.6) is 5.75 Å². The van der Waals surface area contributed by atoms with Gasteiger partial charge in [0.1, 0.15) is 5.75 Å². The first kappa shape index (κ1) is 10.5. The molecule has 0 aliphatic carbocycles. The third-order valence-corrected chi connectivity index (χ3v) is 1.84. The number of hydrogen-bond donors (Lipinski definition) is 1. The van der Waals surface area contributed by atoms with Gasteiger partial charge in [-0.25, -0.2) is 4.79 Å². The van der Waals surface area contributed by atoms with Gasteiger partial charge in [0.05, 0.1) is 10.6 Å². The normalized spacial score (nSPS) is 9.57. The SMILES string of the molecule is CC(=O)Oc1cccc(C(=O)O)c1Cl. The number of ether oxygens (including phenoxy) is 1. The van der Waals surface area contributed by atoms with Gasteiger partial charge in [0.2, 0.25) is 0 Å². The maximum absolute atomic E-state index is 10.6. The van der Waals surface area contributed by atoms with Crippen molar-refractivity contribution in [1.29, 1.82) is 0 Å². The van der Waals surface area contributed by atoms with E-state index in [9.17, 15) is 9.59 Å². The lowest BCUT2D eigenvalue weighted by Gasteiger charge is -2.05. The van der Waals surface area contributed by atoms with Crippen molar-refractivity contribution in [3.63, 3.8) is 0 Å². The first-order chi connectivity index (χ1) is 6.52. The minimum Gasteiger partial charge on any atom is -0.478 e. The van der Waals surface area contributed by atoms with Crippen LogP contribution in [0.4, 0.5) is 0 Å². The van der Waals surface area contributed by atoms with E-state index in [2.05, 4.69) is 0 Å². The van der Waals surface area contributed by atoms with Crippen LogP contribution in [0.3, 0.4) is 0 Å². The number of benzene rings is 1. The number of carbonyl (C=O) groups excluding carboxylic acids is 1. The zero-order valence-corrected chi connectivity index (χ0v) is 8.04. The predicted molar refractivity (Wildman–Crippen MR) is 49.7 cm³/mol. The third-order valence-electron chi connectivity index (χ3n) is 1.45. The Balaban J connectivity index is 3.13.